The van der Waals surface area contributed by atoms with Crippen LogP contribution in [0.4, 0.5) is 0 Å². The van der Waals surface area contributed by atoms with Gasteiger partial charge >= 0.3 is 0 Å². The van der Waals surface area contributed by atoms with Gasteiger partial charge in [-0.25, -0.2) is 0 Å². The minimum Gasteiger partial charge on any atom is -0.313 e. The molecule has 2 nitrogen and oxygen atoms in total. The highest BCUT2D eigenvalue weighted by molar-refractivity contribution is 4.85. The number of piperidine rings is 1. The summed E-state index contributed by atoms with van der Waals surface area (Å²) in [6, 6.07) is 0.790. The molecule has 0 radical (unpaired) electrons. The van der Waals surface area contributed by atoms with Crippen molar-refractivity contribution in [3.63, 3.8) is 0 Å². The second-order valence-corrected chi connectivity index (χ2v) is 5.98. The maximum absolute atomic E-state index is 3.80. The molecule has 0 aromatic rings. The third kappa shape index (κ3) is 3.18. The highest BCUT2D eigenvalue weighted by Crippen LogP contribution is 2.36. The van der Waals surface area contributed by atoms with Gasteiger partial charge in [0.25, 0.3) is 0 Å². The number of hydrogen-bond donors (Lipinski definition) is 1. The molecule has 2 rings (SSSR count). The summed E-state index contributed by atoms with van der Waals surface area (Å²) in [4.78, 5) is 2.44. The van der Waals surface area contributed by atoms with E-state index in [1.54, 1.807) is 0 Å². The number of rotatable bonds is 3. The van der Waals surface area contributed by atoms with Crippen LogP contribution in [0.15, 0.2) is 0 Å². The van der Waals surface area contributed by atoms with Gasteiger partial charge in [-0.15, -0.1) is 0 Å². The normalized spacial score (nSPS) is 28.4. The minimum atomic E-state index is 0.614. The molecule has 1 saturated heterocycles. The van der Waals surface area contributed by atoms with Gasteiger partial charge in [-0.2, -0.15) is 0 Å². The Hall–Kier alpha value is -0.0800. The van der Waals surface area contributed by atoms with E-state index in [9.17, 15) is 0 Å². The molecule has 2 fully saturated rings. The molecule has 0 spiro atoms. The SMILES string of the molecule is CN1CCC(NCC2(C)CCCC2)CC1. The molecule has 0 atom stereocenters. The number of hydrogen-bond acceptors (Lipinski definition) is 2. The molecular weight excluding hydrogens is 184 g/mol. The first kappa shape index (κ1) is 11.4. The van der Waals surface area contributed by atoms with Gasteiger partial charge in [-0.3, -0.25) is 0 Å². The lowest BCUT2D eigenvalue weighted by Gasteiger charge is -2.33. The largest absolute Gasteiger partial charge is 0.313 e. The Bertz CT molecular complexity index is 189. The molecule has 1 saturated carbocycles. The molecule has 0 aromatic carbocycles. The average molecular weight is 210 g/mol. The molecule has 1 heterocycles. The van der Waals surface area contributed by atoms with Crippen LogP contribution < -0.4 is 5.32 Å². The summed E-state index contributed by atoms with van der Waals surface area (Å²) in [6.07, 6.45) is 8.45. The monoisotopic (exact) mass is 210 g/mol. The van der Waals surface area contributed by atoms with E-state index in [4.69, 9.17) is 0 Å². The fourth-order valence-corrected chi connectivity index (χ4v) is 3.01. The highest BCUT2D eigenvalue weighted by Gasteiger charge is 2.29. The molecule has 88 valence electrons. The topological polar surface area (TPSA) is 15.3 Å². The standard InChI is InChI=1S/C13H26N2/c1-13(7-3-4-8-13)11-14-12-5-9-15(2)10-6-12/h12,14H,3-11H2,1-2H3. The van der Waals surface area contributed by atoms with Crippen molar-refractivity contribution in [1.29, 1.82) is 0 Å². The van der Waals surface area contributed by atoms with E-state index >= 15 is 0 Å². The average Bonchev–Trinajstić information content (AvgIpc) is 2.65. The fraction of sp³-hybridized carbons (Fsp3) is 1.00. The summed E-state index contributed by atoms with van der Waals surface area (Å²) >= 11 is 0. The molecule has 0 aromatic heterocycles. The first-order valence-corrected chi connectivity index (χ1v) is 6.60. The van der Waals surface area contributed by atoms with Crippen LogP contribution in [0.3, 0.4) is 0 Å². The molecule has 1 aliphatic carbocycles. The van der Waals surface area contributed by atoms with Crippen molar-refractivity contribution in [2.45, 2.75) is 51.5 Å². The fourth-order valence-electron chi connectivity index (χ4n) is 3.01. The van der Waals surface area contributed by atoms with E-state index in [1.165, 1.54) is 58.2 Å². The lowest BCUT2D eigenvalue weighted by atomic mass is 9.88. The molecule has 15 heavy (non-hydrogen) atoms. The smallest absolute Gasteiger partial charge is 0.00916 e. The number of nitrogens with one attached hydrogen (secondary N) is 1. The maximum Gasteiger partial charge on any atom is 0.00916 e. The van der Waals surface area contributed by atoms with Gasteiger partial charge in [0.1, 0.15) is 0 Å². The first-order chi connectivity index (χ1) is 7.18. The second-order valence-electron chi connectivity index (χ2n) is 5.98. The number of nitrogens with zero attached hydrogens (tertiary/aromatic N) is 1. The lowest BCUT2D eigenvalue weighted by molar-refractivity contribution is 0.213. The van der Waals surface area contributed by atoms with Crippen LogP contribution in [0.25, 0.3) is 0 Å². The second kappa shape index (κ2) is 4.84. The van der Waals surface area contributed by atoms with Crippen molar-refractivity contribution >= 4 is 0 Å². The van der Waals surface area contributed by atoms with Crippen molar-refractivity contribution < 1.29 is 0 Å². The lowest BCUT2D eigenvalue weighted by Crippen LogP contribution is -2.44. The predicted octanol–water partition coefficient (Wildman–Crippen LogP) is 2.25. The molecule has 1 N–H and O–H groups in total. The molecule has 0 unspecified atom stereocenters. The van der Waals surface area contributed by atoms with Crippen molar-refractivity contribution in [3.8, 4) is 0 Å². The molecular formula is C13H26N2. The van der Waals surface area contributed by atoms with Crippen molar-refractivity contribution in [1.82, 2.24) is 10.2 Å². The Kier molecular flexibility index (Phi) is 3.68. The number of likely N-dealkylation sites (tertiary alicyclic amines) is 1. The summed E-state index contributed by atoms with van der Waals surface area (Å²) in [7, 11) is 2.23. The van der Waals surface area contributed by atoms with Crippen molar-refractivity contribution in [3.05, 3.63) is 0 Å². The summed E-state index contributed by atoms with van der Waals surface area (Å²) in [5.41, 5.74) is 0.614. The minimum absolute atomic E-state index is 0.614. The Morgan fingerprint density at radius 3 is 2.40 bits per heavy atom. The van der Waals surface area contributed by atoms with Gasteiger partial charge in [0.15, 0.2) is 0 Å². The summed E-state index contributed by atoms with van der Waals surface area (Å²) < 4.78 is 0. The molecule has 1 aliphatic heterocycles. The van der Waals surface area contributed by atoms with Crippen molar-refractivity contribution in [2.24, 2.45) is 5.41 Å². The Labute approximate surface area is 94.4 Å². The third-order valence-electron chi connectivity index (χ3n) is 4.35. The van der Waals surface area contributed by atoms with Gasteiger partial charge < -0.3 is 10.2 Å². The van der Waals surface area contributed by atoms with E-state index in [-0.39, 0.29) is 0 Å². The quantitative estimate of drug-likeness (QED) is 0.768. The maximum atomic E-state index is 3.80. The summed E-state index contributed by atoms with van der Waals surface area (Å²) in [6.45, 7) is 6.26. The van der Waals surface area contributed by atoms with Gasteiger partial charge in [0.2, 0.25) is 0 Å². The molecule has 0 bridgehead atoms. The summed E-state index contributed by atoms with van der Waals surface area (Å²) in [5.74, 6) is 0. The molecule has 2 aliphatic rings. The van der Waals surface area contributed by atoms with Gasteiger partial charge in [-0.1, -0.05) is 19.8 Å². The zero-order chi connectivity index (χ0) is 10.7. The third-order valence-corrected chi connectivity index (χ3v) is 4.35. The Balaban J connectivity index is 1.69. The van der Waals surface area contributed by atoms with Gasteiger partial charge in [0.05, 0.1) is 0 Å². The highest BCUT2D eigenvalue weighted by atomic mass is 15.1. The first-order valence-electron chi connectivity index (χ1n) is 6.60. The van der Waals surface area contributed by atoms with E-state index in [2.05, 4.69) is 24.2 Å². The molecule has 2 heteroatoms. The van der Waals surface area contributed by atoms with Crippen LogP contribution in [-0.4, -0.2) is 37.6 Å². The Morgan fingerprint density at radius 2 is 1.80 bits per heavy atom. The van der Waals surface area contributed by atoms with Crippen LogP contribution in [0.1, 0.15) is 45.4 Å². The zero-order valence-corrected chi connectivity index (χ0v) is 10.4. The van der Waals surface area contributed by atoms with Crippen LogP contribution >= 0.6 is 0 Å². The summed E-state index contributed by atoms with van der Waals surface area (Å²) in [5, 5.41) is 3.80. The zero-order valence-electron chi connectivity index (χ0n) is 10.4. The van der Waals surface area contributed by atoms with E-state index in [0.717, 1.165) is 6.04 Å². The van der Waals surface area contributed by atoms with Gasteiger partial charge in [-0.05, 0) is 51.2 Å². The van der Waals surface area contributed by atoms with E-state index in [1.807, 2.05) is 0 Å². The van der Waals surface area contributed by atoms with Crippen LogP contribution in [0.2, 0.25) is 0 Å². The van der Waals surface area contributed by atoms with Crippen LogP contribution in [-0.2, 0) is 0 Å². The van der Waals surface area contributed by atoms with Gasteiger partial charge in [0, 0.05) is 12.6 Å². The Morgan fingerprint density at radius 1 is 1.20 bits per heavy atom. The van der Waals surface area contributed by atoms with Crippen molar-refractivity contribution in [2.75, 3.05) is 26.7 Å². The van der Waals surface area contributed by atoms with E-state index in [0.29, 0.717) is 5.41 Å². The molecule has 0 amide bonds. The van der Waals surface area contributed by atoms with Crippen LogP contribution in [0, 0.1) is 5.41 Å². The predicted molar refractivity (Wildman–Crippen MR) is 65.1 cm³/mol. The van der Waals surface area contributed by atoms with E-state index < -0.39 is 0 Å². The van der Waals surface area contributed by atoms with Crippen LogP contribution in [0.5, 0.6) is 0 Å².